The molecule has 4 nitrogen and oxygen atoms in total. The molecule has 0 saturated heterocycles. The number of aromatic nitrogens is 2. The number of nitrogens with zero attached hydrogens (tertiary/aromatic N) is 3. The summed E-state index contributed by atoms with van der Waals surface area (Å²) in [5.74, 6) is 1.60. The molecular formula is C32H41N3O. The molecule has 1 fully saturated rings. The maximum Gasteiger partial charge on any atom is 0.222 e. The van der Waals surface area contributed by atoms with Gasteiger partial charge in [-0.25, -0.2) is 4.98 Å². The van der Waals surface area contributed by atoms with Gasteiger partial charge in [0.05, 0.1) is 0 Å². The first-order valence-electron chi connectivity index (χ1n) is 14.0. The summed E-state index contributed by atoms with van der Waals surface area (Å²) < 4.78 is 6.66. The Balaban J connectivity index is 1.51. The Kier molecular flexibility index (Phi) is 7.71. The number of hydrogen-bond donors (Lipinski definition) is 0. The maximum atomic E-state index is 6.66. The molecule has 2 aromatic carbocycles. The molecule has 1 heterocycles. The summed E-state index contributed by atoms with van der Waals surface area (Å²) in [5, 5.41) is 0. The van der Waals surface area contributed by atoms with Gasteiger partial charge >= 0.3 is 0 Å². The molecule has 0 N–H and O–H groups in total. The van der Waals surface area contributed by atoms with E-state index in [1.807, 2.05) is 0 Å². The molecule has 1 saturated carbocycles. The standard InChI is InChI=1S/C32H41N3O/c1-5-23-18-19-24(6-2)28(20-23)31-33-22(3)29(32(34-31)36-26-14-8-9-15-26)21-35(4)30-17-11-13-25-12-7-10-16-27(25)30/h7,10,12,16,18-20,26,30H,5-6,8-9,11,13-15,17,21H2,1-4H3/t30-/m0/s1. The van der Waals surface area contributed by atoms with Crippen molar-refractivity contribution in [3.8, 4) is 17.3 Å². The molecular weight excluding hydrogens is 442 g/mol. The van der Waals surface area contributed by atoms with Crippen LogP contribution in [-0.2, 0) is 25.8 Å². The fourth-order valence-electron chi connectivity index (χ4n) is 6.04. The van der Waals surface area contributed by atoms with Crippen LogP contribution in [0.4, 0.5) is 0 Å². The second kappa shape index (κ2) is 11.1. The molecule has 4 heteroatoms. The zero-order valence-electron chi connectivity index (χ0n) is 22.5. The number of rotatable bonds is 8. The Bertz CT molecular complexity index is 1200. The second-order valence-electron chi connectivity index (χ2n) is 10.7. The summed E-state index contributed by atoms with van der Waals surface area (Å²) in [6, 6.07) is 16.1. The fourth-order valence-corrected chi connectivity index (χ4v) is 6.04. The lowest BCUT2D eigenvalue weighted by molar-refractivity contribution is 0.183. The van der Waals surface area contributed by atoms with Crippen LogP contribution in [0.2, 0.25) is 0 Å². The monoisotopic (exact) mass is 483 g/mol. The van der Waals surface area contributed by atoms with Crippen LogP contribution in [0.1, 0.15) is 91.9 Å². The van der Waals surface area contributed by atoms with Crippen molar-refractivity contribution in [2.24, 2.45) is 0 Å². The topological polar surface area (TPSA) is 38.2 Å². The van der Waals surface area contributed by atoms with Crippen LogP contribution in [0.15, 0.2) is 42.5 Å². The molecule has 0 amide bonds. The predicted octanol–water partition coefficient (Wildman–Crippen LogP) is 7.41. The molecule has 1 atom stereocenters. The third-order valence-electron chi connectivity index (χ3n) is 8.24. The Morgan fingerprint density at radius 2 is 1.75 bits per heavy atom. The van der Waals surface area contributed by atoms with E-state index in [2.05, 4.69) is 75.2 Å². The Labute approximate surface area is 217 Å². The lowest BCUT2D eigenvalue weighted by Crippen LogP contribution is -2.28. The normalized spacial score (nSPS) is 18.0. The van der Waals surface area contributed by atoms with Gasteiger partial charge in [-0.1, -0.05) is 50.2 Å². The number of hydrogen-bond acceptors (Lipinski definition) is 4. The smallest absolute Gasteiger partial charge is 0.222 e. The van der Waals surface area contributed by atoms with E-state index in [0.29, 0.717) is 6.04 Å². The molecule has 190 valence electrons. The van der Waals surface area contributed by atoms with Gasteiger partial charge in [-0.15, -0.1) is 0 Å². The van der Waals surface area contributed by atoms with E-state index < -0.39 is 0 Å². The third-order valence-corrected chi connectivity index (χ3v) is 8.24. The van der Waals surface area contributed by atoms with E-state index >= 15 is 0 Å². The zero-order valence-corrected chi connectivity index (χ0v) is 22.5. The first-order valence-corrected chi connectivity index (χ1v) is 14.0. The van der Waals surface area contributed by atoms with Gasteiger partial charge in [0.25, 0.3) is 0 Å². The van der Waals surface area contributed by atoms with Crippen LogP contribution in [0.25, 0.3) is 11.4 Å². The fraction of sp³-hybridized carbons (Fsp3) is 0.500. The summed E-state index contributed by atoms with van der Waals surface area (Å²) >= 11 is 0. The SMILES string of the molecule is CCc1ccc(CC)c(-c2nc(C)c(CN(C)[C@H]3CCCc4ccccc43)c(OC3CCCC3)n2)c1. The highest BCUT2D eigenvalue weighted by Gasteiger charge is 2.27. The molecule has 0 bridgehead atoms. The molecule has 0 unspecified atom stereocenters. The highest BCUT2D eigenvalue weighted by molar-refractivity contribution is 5.63. The highest BCUT2D eigenvalue weighted by atomic mass is 16.5. The van der Waals surface area contributed by atoms with Crippen LogP contribution < -0.4 is 4.74 Å². The molecule has 2 aliphatic carbocycles. The van der Waals surface area contributed by atoms with Gasteiger partial charge in [-0.2, -0.15) is 4.98 Å². The molecule has 0 aliphatic heterocycles. The average molecular weight is 484 g/mol. The second-order valence-corrected chi connectivity index (χ2v) is 10.7. The van der Waals surface area contributed by atoms with Crippen LogP contribution in [0.5, 0.6) is 5.88 Å². The minimum absolute atomic E-state index is 0.263. The zero-order chi connectivity index (χ0) is 25.1. The first kappa shape index (κ1) is 25.0. The van der Waals surface area contributed by atoms with Crippen molar-refractivity contribution >= 4 is 0 Å². The van der Waals surface area contributed by atoms with Crippen LogP contribution in [-0.4, -0.2) is 28.0 Å². The van der Waals surface area contributed by atoms with Gasteiger partial charge in [0.1, 0.15) is 6.10 Å². The third kappa shape index (κ3) is 5.20. The van der Waals surface area contributed by atoms with E-state index in [-0.39, 0.29) is 6.10 Å². The summed E-state index contributed by atoms with van der Waals surface area (Å²) in [6.07, 6.45) is 10.6. The highest BCUT2D eigenvalue weighted by Crippen LogP contribution is 2.36. The van der Waals surface area contributed by atoms with E-state index in [9.17, 15) is 0 Å². The van der Waals surface area contributed by atoms with E-state index in [4.69, 9.17) is 14.7 Å². The van der Waals surface area contributed by atoms with Crippen molar-refractivity contribution in [3.63, 3.8) is 0 Å². The molecule has 3 aromatic rings. The van der Waals surface area contributed by atoms with E-state index in [1.54, 1.807) is 0 Å². The summed E-state index contributed by atoms with van der Waals surface area (Å²) in [7, 11) is 2.25. The summed E-state index contributed by atoms with van der Waals surface area (Å²) in [6.45, 7) is 7.34. The van der Waals surface area contributed by atoms with Crippen LogP contribution in [0.3, 0.4) is 0 Å². The molecule has 0 spiro atoms. The van der Waals surface area contributed by atoms with Crippen molar-refractivity contribution < 1.29 is 4.74 Å². The number of benzene rings is 2. The summed E-state index contributed by atoms with van der Waals surface area (Å²) in [4.78, 5) is 12.7. The van der Waals surface area contributed by atoms with Gasteiger partial charge in [0, 0.05) is 29.4 Å². The number of fused-ring (bicyclic) bond motifs is 1. The van der Waals surface area contributed by atoms with Gasteiger partial charge in [0.15, 0.2) is 5.82 Å². The Morgan fingerprint density at radius 3 is 2.53 bits per heavy atom. The molecule has 5 rings (SSSR count). The molecule has 36 heavy (non-hydrogen) atoms. The number of ether oxygens (including phenoxy) is 1. The average Bonchev–Trinajstić information content (AvgIpc) is 3.42. The number of aryl methyl sites for hydroxylation is 4. The van der Waals surface area contributed by atoms with Crippen LogP contribution >= 0.6 is 0 Å². The van der Waals surface area contributed by atoms with Gasteiger partial charge in [0.2, 0.25) is 5.88 Å². The van der Waals surface area contributed by atoms with Gasteiger partial charge in [-0.3, -0.25) is 4.90 Å². The summed E-state index contributed by atoms with van der Waals surface area (Å²) in [5.41, 5.74) is 8.91. The Morgan fingerprint density at radius 1 is 0.944 bits per heavy atom. The van der Waals surface area contributed by atoms with Gasteiger partial charge in [-0.05, 0) is 100 Å². The quantitative estimate of drug-likeness (QED) is 0.334. The molecule has 0 radical (unpaired) electrons. The van der Waals surface area contributed by atoms with Gasteiger partial charge < -0.3 is 4.74 Å². The Hall–Kier alpha value is -2.72. The maximum absolute atomic E-state index is 6.66. The van der Waals surface area contributed by atoms with Crippen molar-refractivity contribution in [2.45, 2.75) is 97.2 Å². The minimum Gasteiger partial charge on any atom is -0.474 e. The largest absolute Gasteiger partial charge is 0.474 e. The van der Waals surface area contributed by atoms with Crippen molar-refractivity contribution in [1.82, 2.24) is 14.9 Å². The van der Waals surface area contributed by atoms with E-state index in [1.165, 1.54) is 54.4 Å². The first-order chi connectivity index (χ1) is 17.6. The lowest BCUT2D eigenvalue weighted by atomic mass is 9.87. The predicted molar refractivity (Wildman–Crippen MR) is 147 cm³/mol. The van der Waals surface area contributed by atoms with E-state index in [0.717, 1.165) is 60.8 Å². The van der Waals surface area contributed by atoms with Crippen molar-refractivity contribution in [2.75, 3.05) is 7.05 Å². The minimum atomic E-state index is 0.263. The van der Waals surface area contributed by atoms with Crippen molar-refractivity contribution in [1.29, 1.82) is 0 Å². The molecule has 1 aromatic heterocycles. The van der Waals surface area contributed by atoms with Crippen LogP contribution in [0, 0.1) is 6.92 Å². The lowest BCUT2D eigenvalue weighted by Gasteiger charge is -2.34. The van der Waals surface area contributed by atoms with Crippen molar-refractivity contribution in [3.05, 3.63) is 76.0 Å². The molecule has 2 aliphatic rings.